The molecule has 0 saturated heterocycles. The van der Waals surface area contributed by atoms with Crippen molar-refractivity contribution >= 4 is 5.97 Å². The van der Waals surface area contributed by atoms with Crippen molar-refractivity contribution in [1.29, 1.82) is 0 Å². The summed E-state index contributed by atoms with van der Waals surface area (Å²) >= 11 is 0. The molecule has 1 aromatic heterocycles. The van der Waals surface area contributed by atoms with Crippen molar-refractivity contribution in [3.63, 3.8) is 0 Å². The molecule has 122 valence electrons. The van der Waals surface area contributed by atoms with Crippen molar-refractivity contribution in [3.8, 4) is 17.2 Å². The van der Waals surface area contributed by atoms with Crippen LogP contribution in [0.5, 0.6) is 5.75 Å². The highest BCUT2D eigenvalue weighted by atomic mass is 16.5. The van der Waals surface area contributed by atoms with E-state index < -0.39 is 5.97 Å². The molecule has 5 nitrogen and oxygen atoms in total. The van der Waals surface area contributed by atoms with Gasteiger partial charge in [-0.2, -0.15) is 0 Å². The number of phenols is 1. The first-order chi connectivity index (χ1) is 11.6. The Bertz CT molecular complexity index is 868. The molecule has 5 heteroatoms. The van der Waals surface area contributed by atoms with Gasteiger partial charge in [-0.05, 0) is 37.6 Å². The van der Waals surface area contributed by atoms with Crippen LogP contribution in [0.4, 0.5) is 0 Å². The second-order valence-electron chi connectivity index (χ2n) is 5.44. The average Bonchev–Trinajstić information content (AvgIpc) is 2.97. The van der Waals surface area contributed by atoms with Crippen LogP contribution in [0, 0.1) is 13.8 Å². The van der Waals surface area contributed by atoms with Gasteiger partial charge in [0, 0.05) is 5.56 Å². The number of aromatic hydroxyl groups is 1. The zero-order chi connectivity index (χ0) is 17.1. The second-order valence-corrected chi connectivity index (χ2v) is 5.44. The summed E-state index contributed by atoms with van der Waals surface area (Å²) in [6.45, 7) is 3.47. The van der Waals surface area contributed by atoms with Crippen molar-refractivity contribution < 1.29 is 19.1 Å². The van der Waals surface area contributed by atoms with E-state index in [1.807, 2.05) is 30.3 Å². The highest BCUT2D eigenvalue weighted by Crippen LogP contribution is 2.24. The maximum atomic E-state index is 12.1. The molecule has 1 N–H and O–H groups in total. The van der Waals surface area contributed by atoms with Gasteiger partial charge in [-0.25, -0.2) is 9.78 Å². The van der Waals surface area contributed by atoms with E-state index in [4.69, 9.17) is 9.15 Å². The molecule has 0 radical (unpaired) electrons. The maximum Gasteiger partial charge on any atom is 0.342 e. The van der Waals surface area contributed by atoms with Gasteiger partial charge in [0.15, 0.2) is 0 Å². The van der Waals surface area contributed by atoms with Gasteiger partial charge in [0.25, 0.3) is 0 Å². The molecule has 24 heavy (non-hydrogen) atoms. The number of phenolic OH excluding ortho intramolecular Hbond substituents is 1. The Labute approximate surface area is 139 Å². The van der Waals surface area contributed by atoms with Crippen LogP contribution in [0.25, 0.3) is 11.5 Å². The normalized spacial score (nSPS) is 10.6. The number of carbonyl (C=O) groups excluding carboxylic acids is 1. The molecule has 0 unspecified atom stereocenters. The number of aryl methyl sites for hydroxylation is 2. The first-order valence-electron chi connectivity index (χ1n) is 7.53. The largest absolute Gasteiger partial charge is 0.507 e. The molecule has 1 heterocycles. The summed E-state index contributed by atoms with van der Waals surface area (Å²) in [5, 5.41) is 9.94. The Hall–Kier alpha value is -3.08. The zero-order valence-electron chi connectivity index (χ0n) is 13.4. The third kappa shape index (κ3) is 3.15. The minimum Gasteiger partial charge on any atom is -0.507 e. The number of carbonyl (C=O) groups is 1. The van der Waals surface area contributed by atoms with Gasteiger partial charge in [0.2, 0.25) is 5.89 Å². The summed E-state index contributed by atoms with van der Waals surface area (Å²) in [4.78, 5) is 16.5. The number of oxazole rings is 1. The Morgan fingerprint density at radius 2 is 1.88 bits per heavy atom. The van der Waals surface area contributed by atoms with E-state index in [0.29, 0.717) is 22.9 Å². The SMILES string of the molecule is Cc1cccc(C(=O)OCc2nc(-c3ccccc3)oc2C)c1O. The Balaban J connectivity index is 1.74. The molecule has 0 aliphatic carbocycles. The van der Waals surface area contributed by atoms with Gasteiger partial charge in [-0.15, -0.1) is 0 Å². The minimum absolute atomic E-state index is 0.0195. The Morgan fingerprint density at radius 3 is 2.62 bits per heavy atom. The molecule has 0 fully saturated rings. The van der Waals surface area contributed by atoms with Crippen molar-refractivity contribution in [1.82, 2.24) is 4.98 Å². The third-order valence-corrected chi connectivity index (χ3v) is 3.71. The summed E-state index contributed by atoms with van der Waals surface area (Å²) in [5.74, 6) is 0.414. The summed E-state index contributed by atoms with van der Waals surface area (Å²) < 4.78 is 10.9. The first kappa shape index (κ1) is 15.8. The van der Waals surface area contributed by atoms with Crippen LogP contribution >= 0.6 is 0 Å². The lowest BCUT2D eigenvalue weighted by atomic mass is 10.1. The van der Waals surface area contributed by atoms with Gasteiger partial charge in [0.1, 0.15) is 29.4 Å². The van der Waals surface area contributed by atoms with E-state index in [2.05, 4.69) is 4.98 Å². The molecule has 3 aromatic rings. The number of nitrogens with zero attached hydrogens (tertiary/aromatic N) is 1. The summed E-state index contributed by atoms with van der Waals surface area (Å²) in [7, 11) is 0. The van der Waals surface area contributed by atoms with Crippen LogP contribution < -0.4 is 0 Å². The molecular weight excluding hydrogens is 306 g/mol. The van der Waals surface area contributed by atoms with E-state index in [1.165, 1.54) is 6.07 Å². The molecular formula is C19H17NO4. The van der Waals surface area contributed by atoms with E-state index in [1.54, 1.807) is 26.0 Å². The summed E-state index contributed by atoms with van der Waals surface area (Å²) in [6.07, 6.45) is 0. The second kappa shape index (κ2) is 6.58. The number of esters is 1. The number of benzene rings is 2. The Kier molecular flexibility index (Phi) is 4.33. The highest BCUT2D eigenvalue weighted by Gasteiger charge is 2.17. The number of para-hydroxylation sites is 1. The van der Waals surface area contributed by atoms with Gasteiger partial charge in [0.05, 0.1) is 0 Å². The van der Waals surface area contributed by atoms with Crippen molar-refractivity contribution in [2.24, 2.45) is 0 Å². The lowest BCUT2D eigenvalue weighted by Gasteiger charge is -2.06. The fraction of sp³-hybridized carbons (Fsp3) is 0.158. The zero-order valence-corrected chi connectivity index (χ0v) is 13.4. The van der Waals surface area contributed by atoms with E-state index in [0.717, 1.165) is 5.56 Å². The molecule has 0 aliphatic heterocycles. The van der Waals surface area contributed by atoms with Crippen molar-refractivity contribution in [2.45, 2.75) is 20.5 Å². The summed E-state index contributed by atoms with van der Waals surface area (Å²) in [5.41, 5.74) is 2.16. The fourth-order valence-electron chi connectivity index (χ4n) is 2.30. The Morgan fingerprint density at radius 1 is 1.12 bits per heavy atom. The van der Waals surface area contributed by atoms with Crippen LogP contribution in [0.2, 0.25) is 0 Å². The predicted octanol–water partition coefficient (Wildman–Crippen LogP) is 4.02. The monoisotopic (exact) mass is 323 g/mol. The van der Waals surface area contributed by atoms with Crippen LogP contribution in [0.15, 0.2) is 52.9 Å². The number of aromatic nitrogens is 1. The van der Waals surface area contributed by atoms with E-state index >= 15 is 0 Å². The van der Waals surface area contributed by atoms with Crippen LogP contribution in [0.1, 0.15) is 27.4 Å². The summed E-state index contributed by atoms with van der Waals surface area (Å²) in [6, 6.07) is 14.4. The third-order valence-electron chi connectivity index (χ3n) is 3.71. The number of hydrogen-bond acceptors (Lipinski definition) is 5. The van der Waals surface area contributed by atoms with Crippen LogP contribution in [0.3, 0.4) is 0 Å². The van der Waals surface area contributed by atoms with E-state index in [-0.39, 0.29) is 17.9 Å². The van der Waals surface area contributed by atoms with Gasteiger partial charge in [-0.1, -0.05) is 30.3 Å². The molecule has 0 amide bonds. The molecule has 0 aliphatic rings. The fourth-order valence-corrected chi connectivity index (χ4v) is 2.30. The first-order valence-corrected chi connectivity index (χ1v) is 7.53. The molecule has 3 rings (SSSR count). The number of ether oxygens (including phenoxy) is 1. The van der Waals surface area contributed by atoms with Gasteiger partial charge < -0.3 is 14.3 Å². The molecule has 0 atom stereocenters. The average molecular weight is 323 g/mol. The molecule has 0 bridgehead atoms. The van der Waals surface area contributed by atoms with Crippen molar-refractivity contribution in [3.05, 3.63) is 71.1 Å². The molecule has 0 spiro atoms. The quantitative estimate of drug-likeness (QED) is 0.734. The van der Waals surface area contributed by atoms with Crippen LogP contribution in [-0.4, -0.2) is 16.1 Å². The topological polar surface area (TPSA) is 72.6 Å². The highest BCUT2D eigenvalue weighted by molar-refractivity contribution is 5.92. The van der Waals surface area contributed by atoms with Gasteiger partial charge in [-0.3, -0.25) is 0 Å². The maximum absolute atomic E-state index is 12.1. The van der Waals surface area contributed by atoms with Gasteiger partial charge >= 0.3 is 5.97 Å². The van der Waals surface area contributed by atoms with Crippen LogP contribution in [-0.2, 0) is 11.3 Å². The number of rotatable bonds is 4. The lowest BCUT2D eigenvalue weighted by Crippen LogP contribution is -2.06. The standard InChI is InChI=1S/C19H17NO4/c1-12-7-6-10-15(17(12)21)19(22)23-11-16-13(2)24-18(20-16)14-8-4-3-5-9-14/h3-10,21H,11H2,1-2H3. The minimum atomic E-state index is -0.597. The lowest BCUT2D eigenvalue weighted by molar-refractivity contribution is 0.0463. The number of hydrogen-bond donors (Lipinski definition) is 1. The molecule has 2 aromatic carbocycles. The predicted molar refractivity (Wildman–Crippen MR) is 88.6 cm³/mol. The van der Waals surface area contributed by atoms with E-state index in [9.17, 15) is 9.90 Å². The smallest absolute Gasteiger partial charge is 0.342 e. The van der Waals surface area contributed by atoms with Crippen molar-refractivity contribution in [2.75, 3.05) is 0 Å². The molecule has 0 saturated carbocycles.